The molecule has 0 radical (unpaired) electrons. The van der Waals surface area contributed by atoms with Gasteiger partial charge >= 0.3 is 0 Å². The highest BCUT2D eigenvalue weighted by atomic mass is 16.2. The third kappa shape index (κ3) is 2.90. The van der Waals surface area contributed by atoms with E-state index in [0.29, 0.717) is 6.42 Å². The lowest BCUT2D eigenvalue weighted by Gasteiger charge is -2.20. The monoisotopic (exact) mass is 269 g/mol. The predicted molar refractivity (Wildman–Crippen MR) is 77.3 cm³/mol. The molecule has 1 aromatic carbocycles. The van der Waals surface area contributed by atoms with E-state index in [9.17, 15) is 4.79 Å². The molecule has 1 aromatic heterocycles. The fraction of sp³-hybridized carbons (Fsp3) is 0.375. The Bertz CT molecular complexity index is 554. The Kier molecular flexibility index (Phi) is 3.81. The van der Waals surface area contributed by atoms with Gasteiger partial charge in [-0.05, 0) is 12.0 Å². The lowest BCUT2D eigenvalue weighted by Crippen LogP contribution is -2.33. The van der Waals surface area contributed by atoms with E-state index in [1.54, 1.807) is 6.33 Å². The van der Waals surface area contributed by atoms with Gasteiger partial charge in [0.15, 0.2) is 0 Å². The first-order valence-electron chi connectivity index (χ1n) is 7.16. The minimum atomic E-state index is 0.249. The highest BCUT2D eigenvalue weighted by Crippen LogP contribution is 2.13. The topological polar surface area (TPSA) is 49.0 Å². The van der Waals surface area contributed by atoms with E-state index in [2.05, 4.69) is 22.1 Å². The second kappa shape index (κ2) is 5.90. The minimum absolute atomic E-state index is 0.249. The van der Waals surface area contributed by atoms with Crippen molar-refractivity contribution in [3.8, 4) is 0 Å². The fourth-order valence-electron chi connectivity index (χ4n) is 2.68. The number of imidazole rings is 1. The van der Waals surface area contributed by atoms with Crippen LogP contribution in [0.5, 0.6) is 0 Å². The zero-order chi connectivity index (χ0) is 13.8. The Hall–Kier alpha value is -2.10. The summed E-state index contributed by atoms with van der Waals surface area (Å²) in [5.41, 5.74) is 3.52. The second-order valence-corrected chi connectivity index (χ2v) is 5.19. The van der Waals surface area contributed by atoms with Crippen LogP contribution >= 0.6 is 0 Å². The normalized spacial score (nSPS) is 14.7. The van der Waals surface area contributed by atoms with E-state index in [1.807, 2.05) is 23.1 Å². The third-order valence-electron chi connectivity index (χ3n) is 3.88. The van der Waals surface area contributed by atoms with Crippen LogP contribution in [0.2, 0.25) is 0 Å². The molecule has 1 amide bonds. The van der Waals surface area contributed by atoms with Crippen LogP contribution < -0.4 is 0 Å². The molecule has 0 saturated heterocycles. The van der Waals surface area contributed by atoms with Crippen molar-refractivity contribution in [3.05, 3.63) is 53.6 Å². The van der Waals surface area contributed by atoms with E-state index < -0.39 is 0 Å². The van der Waals surface area contributed by atoms with Crippen LogP contribution in [-0.2, 0) is 24.1 Å². The van der Waals surface area contributed by atoms with Gasteiger partial charge < -0.3 is 9.88 Å². The molecule has 0 unspecified atom stereocenters. The van der Waals surface area contributed by atoms with Crippen LogP contribution in [0.15, 0.2) is 36.7 Å². The van der Waals surface area contributed by atoms with Crippen LogP contribution in [0.3, 0.4) is 0 Å². The number of benzene rings is 1. The summed E-state index contributed by atoms with van der Waals surface area (Å²) in [5.74, 6) is 0.249. The first-order valence-corrected chi connectivity index (χ1v) is 7.16. The lowest BCUT2D eigenvalue weighted by atomic mass is 10.1. The first kappa shape index (κ1) is 12.9. The van der Waals surface area contributed by atoms with Gasteiger partial charge in [-0.1, -0.05) is 30.3 Å². The third-order valence-corrected chi connectivity index (χ3v) is 3.88. The zero-order valence-electron chi connectivity index (χ0n) is 11.5. The van der Waals surface area contributed by atoms with Crippen molar-refractivity contribution in [1.82, 2.24) is 14.9 Å². The van der Waals surface area contributed by atoms with Gasteiger partial charge in [0.2, 0.25) is 5.91 Å². The number of H-pyrrole nitrogens is 1. The van der Waals surface area contributed by atoms with Crippen molar-refractivity contribution in [3.63, 3.8) is 0 Å². The molecule has 1 aliphatic rings. The van der Waals surface area contributed by atoms with Crippen LogP contribution in [0, 0.1) is 0 Å². The number of carbonyl (C=O) groups is 1. The Morgan fingerprint density at radius 1 is 1.20 bits per heavy atom. The molecule has 4 nitrogen and oxygen atoms in total. The van der Waals surface area contributed by atoms with Crippen LogP contribution in [0.25, 0.3) is 0 Å². The molecule has 0 atom stereocenters. The molecule has 104 valence electrons. The second-order valence-electron chi connectivity index (χ2n) is 5.19. The number of amides is 1. The summed E-state index contributed by atoms with van der Waals surface area (Å²) >= 11 is 0. The fourth-order valence-corrected chi connectivity index (χ4v) is 2.68. The molecule has 20 heavy (non-hydrogen) atoms. The number of hydrogen-bond donors (Lipinski definition) is 1. The molecule has 1 N–H and O–H groups in total. The molecule has 2 aromatic rings. The number of aryl methyl sites for hydroxylation is 1. The van der Waals surface area contributed by atoms with Gasteiger partial charge in [0.05, 0.1) is 12.0 Å². The highest BCUT2D eigenvalue weighted by molar-refractivity contribution is 5.76. The van der Waals surface area contributed by atoms with E-state index in [-0.39, 0.29) is 5.91 Å². The van der Waals surface area contributed by atoms with E-state index in [4.69, 9.17) is 0 Å². The maximum absolute atomic E-state index is 12.3. The molecule has 4 heteroatoms. The molecule has 1 aliphatic heterocycles. The van der Waals surface area contributed by atoms with E-state index in [1.165, 1.54) is 11.3 Å². The Morgan fingerprint density at radius 2 is 2.00 bits per heavy atom. The number of aromatic amines is 1. The smallest absolute Gasteiger partial charge is 0.222 e. The molecular formula is C16H19N3O. The number of nitrogens with one attached hydrogen (secondary N) is 1. The summed E-state index contributed by atoms with van der Waals surface area (Å²) < 4.78 is 0. The predicted octanol–water partition coefficient (Wildman–Crippen LogP) is 1.97. The largest absolute Gasteiger partial charge is 0.348 e. The molecule has 2 heterocycles. The van der Waals surface area contributed by atoms with Gasteiger partial charge in [0, 0.05) is 38.0 Å². The Morgan fingerprint density at radius 3 is 2.85 bits per heavy atom. The number of nitrogens with zero attached hydrogens (tertiary/aromatic N) is 2. The number of fused-ring (bicyclic) bond motifs is 1. The number of hydrogen-bond acceptors (Lipinski definition) is 2. The minimum Gasteiger partial charge on any atom is -0.348 e. The average molecular weight is 269 g/mol. The van der Waals surface area contributed by atoms with E-state index in [0.717, 1.165) is 38.0 Å². The number of rotatable bonds is 3. The SMILES string of the molecule is O=C(CCc1ccccc1)N1CCc2nc[nH]c2CC1. The van der Waals surface area contributed by atoms with Gasteiger partial charge in [-0.3, -0.25) is 4.79 Å². The van der Waals surface area contributed by atoms with E-state index >= 15 is 0 Å². The average Bonchev–Trinajstić information content (AvgIpc) is 2.84. The van der Waals surface area contributed by atoms with Crippen molar-refractivity contribution >= 4 is 5.91 Å². The van der Waals surface area contributed by atoms with Gasteiger partial charge in [-0.25, -0.2) is 4.98 Å². The van der Waals surface area contributed by atoms with Crippen LogP contribution in [-0.4, -0.2) is 33.9 Å². The van der Waals surface area contributed by atoms with Gasteiger partial charge in [-0.2, -0.15) is 0 Å². The lowest BCUT2D eigenvalue weighted by molar-refractivity contribution is -0.131. The molecule has 0 aliphatic carbocycles. The molecular weight excluding hydrogens is 250 g/mol. The maximum Gasteiger partial charge on any atom is 0.222 e. The Labute approximate surface area is 118 Å². The van der Waals surface area contributed by atoms with Gasteiger partial charge in [0.25, 0.3) is 0 Å². The van der Waals surface area contributed by atoms with Gasteiger partial charge in [-0.15, -0.1) is 0 Å². The molecule has 0 bridgehead atoms. The van der Waals surface area contributed by atoms with Gasteiger partial charge in [0.1, 0.15) is 0 Å². The van der Waals surface area contributed by atoms with Crippen molar-refractivity contribution < 1.29 is 4.79 Å². The van der Waals surface area contributed by atoms with Crippen molar-refractivity contribution in [2.45, 2.75) is 25.7 Å². The maximum atomic E-state index is 12.3. The summed E-state index contributed by atoms with van der Waals surface area (Å²) in [7, 11) is 0. The summed E-state index contributed by atoms with van der Waals surface area (Å²) in [5, 5.41) is 0. The van der Waals surface area contributed by atoms with Crippen molar-refractivity contribution in [1.29, 1.82) is 0 Å². The van der Waals surface area contributed by atoms with Crippen LogP contribution in [0.4, 0.5) is 0 Å². The standard InChI is InChI=1S/C16H19N3O/c20-16(7-6-13-4-2-1-3-5-13)19-10-8-14-15(9-11-19)18-12-17-14/h1-5,12H,6-11H2,(H,17,18). The summed E-state index contributed by atoms with van der Waals surface area (Å²) in [6.07, 6.45) is 4.89. The molecule has 0 saturated carbocycles. The zero-order valence-corrected chi connectivity index (χ0v) is 11.5. The highest BCUT2D eigenvalue weighted by Gasteiger charge is 2.19. The first-order chi connectivity index (χ1) is 9.83. The molecule has 3 rings (SSSR count). The molecule has 0 fully saturated rings. The van der Waals surface area contributed by atoms with Crippen LogP contribution in [0.1, 0.15) is 23.4 Å². The van der Waals surface area contributed by atoms with Crippen molar-refractivity contribution in [2.75, 3.05) is 13.1 Å². The quantitative estimate of drug-likeness (QED) is 0.926. The number of aromatic nitrogens is 2. The number of carbonyl (C=O) groups excluding carboxylic acids is 1. The summed E-state index contributed by atoms with van der Waals surface area (Å²) in [4.78, 5) is 21.7. The van der Waals surface area contributed by atoms with Crippen molar-refractivity contribution in [2.24, 2.45) is 0 Å². The summed E-state index contributed by atoms with van der Waals surface area (Å²) in [6.45, 7) is 1.58. The summed E-state index contributed by atoms with van der Waals surface area (Å²) in [6, 6.07) is 10.2. The molecule has 0 spiro atoms. The Balaban J connectivity index is 1.54.